The van der Waals surface area contributed by atoms with Gasteiger partial charge in [-0.25, -0.2) is 4.79 Å². The van der Waals surface area contributed by atoms with E-state index < -0.39 is 33.9 Å². The van der Waals surface area contributed by atoms with Gasteiger partial charge in [-0.15, -0.1) is 11.8 Å². The molecule has 2 atom stereocenters. The van der Waals surface area contributed by atoms with Crippen LogP contribution in [-0.2, 0) is 23.9 Å². The first-order valence-electron chi connectivity index (χ1n) is 15.7. The molecule has 0 aromatic heterocycles. The van der Waals surface area contributed by atoms with Crippen molar-refractivity contribution in [2.24, 2.45) is 4.99 Å². The number of nitro benzene ring substituents is 1. The number of unbranched alkanes of at least 4 members (excludes halogenated alkanes) is 3. The van der Waals surface area contributed by atoms with Crippen LogP contribution in [0.4, 0.5) is 5.69 Å². The lowest BCUT2D eigenvalue weighted by atomic mass is 9.81. The van der Waals surface area contributed by atoms with Crippen molar-refractivity contribution in [3.63, 3.8) is 0 Å². The van der Waals surface area contributed by atoms with E-state index in [1.54, 1.807) is 18.3 Å². The zero-order chi connectivity index (χ0) is 33.4. The second-order valence-electron chi connectivity index (χ2n) is 11.5. The molecule has 3 aromatic carbocycles. The SMILES string of the molecule is CCCCCCC1(N=Cc2ccc([N+](=O)[O-])cc2)C(=O)N2C(C(=O)OC(c3ccccc3)c3ccccc3)=C(COC(C)=O)CS[C@@H]21. The number of non-ortho nitro benzene ring substituents is 1. The molecule has 0 spiro atoms. The minimum atomic E-state index is -1.14. The molecule has 244 valence electrons. The van der Waals surface area contributed by atoms with Crippen molar-refractivity contribution in [2.45, 2.75) is 63.0 Å². The lowest BCUT2D eigenvalue weighted by Crippen LogP contribution is -2.72. The molecule has 0 aliphatic carbocycles. The van der Waals surface area contributed by atoms with E-state index >= 15 is 0 Å². The van der Waals surface area contributed by atoms with E-state index in [9.17, 15) is 24.5 Å². The molecule has 1 saturated heterocycles. The number of hydrogen-bond acceptors (Lipinski definition) is 9. The fourth-order valence-corrected chi connectivity index (χ4v) is 7.30. The second-order valence-corrected chi connectivity index (χ2v) is 12.6. The van der Waals surface area contributed by atoms with E-state index in [0.717, 1.165) is 36.8 Å². The average molecular weight is 656 g/mol. The summed E-state index contributed by atoms with van der Waals surface area (Å²) in [6, 6.07) is 24.7. The number of benzene rings is 3. The van der Waals surface area contributed by atoms with Gasteiger partial charge in [-0.2, -0.15) is 0 Å². The Hall–Kier alpha value is -4.77. The minimum Gasteiger partial charge on any atom is -0.461 e. The molecule has 5 rings (SSSR count). The number of thioether (sulfide) groups is 1. The van der Waals surface area contributed by atoms with Gasteiger partial charge >= 0.3 is 11.9 Å². The third-order valence-corrected chi connectivity index (χ3v) is 9.69. The predicted molar refractivity (Wildman–Crippen MR) is 180 cm³/mol. The molecule has 0 bridgehead atoms. The summed E-state index contributed by atoms with van der Waals surface area (Å²) in [4.78, 5) is 57.3. The van der Waals surface area contributed by atoms with Crippen LogP contribution in [0, 0.1) is 10.1 Å². The highest BCUT2D eigenvalue weighted by Crippen LogP contribution is 2.51. The molecule has 0 saturated carbocycles. The van der Waals surface area contributed by atoms with Crippen molar-refractivity contribution in [2.75, 3.05) is 12.4 Å². The van der Waals surface area contributed by atoms with Crippen LogP contribution in [-0.4, -0.2) is 57.2 Å². The van der Waals surface area contributed by atoms with Crippen LogP contribution >= 0.6 is 11.8 Å². The molecule has 47 heavy (non-hydrogen) atoms. The van der Waals surface area contributed by atoms with Gasteiger partial charge in [0.2, 0.25) is 0 Å². The molecule has 3 aromatic rings. The number of ether oxygens (including phenoxy) is 2. The van der Waals surface area contributed by atoms with Crippen LogP contribution < -0.4 is 0 Å². The smallest absolute Gasteiger partial charge is 0.356 e. The Kier molecular flexibility index (Phi) is 10.9. The number of aliphatic imine (C=N–C) groups is 1. The van der Waals surface area contributed by atoms with Gasteiger partial charge < -0.3 is 9.47 Å². The first kappa shape index (κ1) is 33.6. The zero-order valence-corrected chi connectivity index (χ0v) is 27.2. The second kappa shape index (κ2) is 15.2. The molecule has 0 radical (unpaired) electrons. The maximum atomic E-state index is 14.3. The molecule has 2 heterocycles. The average Bonchev–Trinajstić information content (AvgIpc) is 3.09. The highest BCUT2D eigenvalue weighted by molar-refractivity contribution is 8.00. The van der Waals surface area contributed by atoms with Crippen molar-refractivity contribution in [1.82, 2.24) is 4.90 Å². The summed E-state index contributed by atoms with van der Waals surface area (Å²) in [5.74, 6) is -1.20. The van der Waals surface area contributed by atoms with Gasteiger partial charge in [0.1, 0.15) is 17.7 Å². The summed E-state index contributed by atoms with van der Waals surface area (Å²) in [6.45, 7) is 3.25. The lowest BCUT2D eigenvalue weighted by molar-refractivity contribution is -0.384. The summed E-state index contributed by atoms with van der Waals surface area (Å²) in [6.07, 6.45) is 5.04. The van der Waals surface area contributed by atoms with Gasteiger partial charge in [0.05, 0.1) is 4.92 Å². The van der Waals surface area contributed by atoms with Crippen LogP contribution in [0.25, 0.3) is 0 Å². The maximum Gasteiger partial charge on any atom is 0.356 e. The third-order valence-electron chi connectivity index (χ3n) is 8.26. The van der Waals surface area contributed by atoms with Crippen LogP contribution in [0.15, 0.2) is 101 Å². The molecule has 1 amide bonds. The summed E-state index contributed by atoms with van der Waals surface area (Å²) in [7, 11) is 0. The number of carbonyl (C=O) groups excluding carboxylic acids is 3. The van der Waals surface area contributed by atoms with Gasteiger partial charge in [-0.1, -0.05) is 93.3 Å². The molecule has 2 aliphatic heterocycles. The first-order valence-corrected chi connectivity index (χ1v) is 16.7. The minimum absolute atomic E-state index is 0.0388. The monoisotopic (exact) mass is 655 g/mol. The van der Waals surface area contributed by atoms with Crippen LogP contribution in [0.3, 0.4) is 0 Å². The Morgan fingerprint density at radius 3 is 2.23 bits per heavy atom. The van der Waals surface area contributed by atoms with E-state index in [1.165, 1.54) is 35.7 Å². The Labute approximate surface area is 278 Å². The molecule has 10 nitrogen and oxygen atoms in total. The lowest BCUT2D eigenvalue weighted by Gasteiger charge is -2.55. The summed E-state index contributed by atoms with van der Waals surface area (Å²) in [5, 5.41) is 10.6. The van der Waals surface area contributed by atoms with Crippen molar-refractivity contribution in [3.05, 3.63) is 123 Å². The number of β-lactam (4-membered cyclic amide) rings is 1. The number of amides is 1. The molecular formula is C36H37N3O7S. The van der Waals surface area contributed by atoms with Gasteiger partial charge in [0, 0.05) is 36.6 Å². The number of hydrogen-bond donors (Lipinski definition) is 0. The number of nitro groups is 1. The molecule has 1 fully saturated rings. The topological polar surface area (TPSA) is 128 Å². The molecule has 1 unspecified atom stereocenters. The third kappa shape index (κ3) is 7.46. The van der Waals surface area contributed by atoms with Crippen molar-refractivity contribution >= 4 is 41.5 Å². The van der Waals surface area contributed by atoms with Gasteiger partial charge in [0.15, 0.2) is 11.6 Å². The largest absolute Gasteiger partial charge is 0.461 e. The van der Waals surface area contributed by atoms with Crippen molar-refractivity contribution in [1.29, 1.82) is 0 Å². The van der Waals surface area contributed by atoms with Gasteiger partial charge in [-0.3, -0.25) is 29.6 Å². The highest BCUT2D eigenvalue weighted by Gasteiger charge is 2.64. The van der Waals surface area contributed by atoms with E-state index in [2.05, 4.69) is 6.92 Å². The van der Waals surface area contributed by atoms with Crippen LogP contribution in [0.5, 0.6) is 0 Å². The van der Waals surface area contributed by atoms with E-state index in [0.29, 0.717) is 23.3 Å². The Balaban J connectivity index is 1.49. The van der Waals surface area contributed by atoms with E-state index in [4.69, 9.17) is 14.5 Å². The van der Waals surface area contributed by atoms with E-state index in [1.807, 2.05) is 60.7 Å². The highest BCUT2D eigenvalue weighted by atomic mass is 32.2. The fourth-order valence-electron chi connectivity index (χ4n) is 5.81. The molecular weight excluding hydrogens is 618 g/mol. The standard InChI is InChI=1S/C36H37N3O7S/c1-3-4-5-12-21-36(37-22-26-17-19-30(20-18-26)39(43)44)34(42)38-31(29(23-45-25(2)40)24-47-35(36)38)33(41)46-32(27-13-8-6-9-14-27)28-15-10-7-11-16-28/h6-11,13-20,22,32,35H,3-5,12,21,23-24H2,1-2H3/t35-,36?/m1/s1. The van der Waals surface area contributed by atoms with E-state index in [-0.39, 0.29) is 23.9 Å². The fraction of sp³-hybridized carbons (Fsp3) is 0.333. The number of rotatable bonds is 14. The number of carbonyl (C=O) groups is 3. The summed E-state index contributed by atoms with van der Waals surface area (Å²) >= 11 is 1.47. The summed E-state index contributed by atoms with van der Waals surface area (Å²) < 4.78 is 11.5. The number of nitrogens with zero attached hydrogens (tertiary/aromatic N) is 3. The molecule has 0 N–H and O–H groups in total. The normalized spacial score (nSPS) is 19.0. The Morgan fingerprint density at radius 1 is 1.02 bits per heavy atom. The molecule has 11 heteroatoms. The van der Waals surface area contributed by atoms with Crippen molar-refractivity contribution < 1.29 is 28.8 Å². The predicted octanol–water partition coefficient (Wildman–Crippen LogP) is 6.79. The quantitative estimate of drug-likeness (QED) is 0.0464. The van der Waals surface area contributed by atoms with Gasteiger partial charge in [0.25, 0.3) is 11.6 Å². The number of fused-ring (bicyclic) bond motifs is 1. The van der Waals surface area contributed by atoms with Gasteiger partial charge in [-0.05, 0) is 35.2 Å². The van der Waals surface area contributed by atoms with Crippen LogP contribution in [0.1, 0.15) is 68.7 Å². The zero-order valence-electron chi connectivity index (χ0n) is 26.4. The summed E-state index contributed by atoms with van der Waals surface area (Å²) in [5.41, 5.74) is 1.53. The Bertz CT molecular complexity index is 1620. The van der Waals surface area contributed by atoms with Crippen LogP contribution in [0.2, 0.25) is 0 Å². The number of esters is 2. The maximum absolute atomic E-state index is 14.3. The van der Waals surface area contributed by atoms with Crippen molar-refractivity contribution in [3.8, 4) is 0 Å². The molecule has 2 aliphatic rings. The Morgan fingerprint density at radius 2 is 1.66 bits per heavy atom. The first-order chi connectivity index (χ1) is 22.7.